The van der Waals surface area contributed by atoms with E-state index in [0.29, 0.717) is 0 Å². The first kappa shape index (κ1) is 11.6. The van der Waals surface area contributed by atoms with Gasteiger partial charge in [0, 0.05) is 14.0 Å². The molecule has 0 aromatic heterocycles. The molecule has 0 atom stereocenters. The van der Waals surface area contributed by atoms with Crippen molar-refractivity contribution in [1.29, 1.82) is 0 Å². The van der Waals surface area contributed by atoms with Gasteiger partial charge in [0.05, 0.1) is 0 Å². The van der Waals surface area contributed by atoms with Gasteiger partial charge in [-0.15, -0.1) is 0 Å². The molecule has 0 aliphatic rings. The van der Waals surface area contributed by atoms with Crippen LogP contribution in [-0.2, 0) is 19.4 Å². The molecule has 0 unspecified atom stereocenters. The molecule has 0 bridgehead atoms. The van der Waals surface area contributed by atoms with Gasteiger partial charge in [-0.2, -0.15) is 8.42 Å². The SMILES string of the molecule is CNC(=O)ON=C(C)OS(=O)(=O)O. The Bertz CT molecular complexity index is 307. The summed E-state index contributed by atoms with van der Waals surface area (Å²) in [6, 6.07) is 0. The van der Waals surface area contributed by atoms with Crippen LogP contribution in [-0.4, -0.2) is 32.0 Å². The van der Waals surface area contributed by atoms with E-state index in [-0.39, 0.29) is 0 Å². The van der Waals surface area contributed by atoms with Crippen LogP contribution in [0.15, 0.2) is 5.16 Å². The van der Waals surface area contributed by atoms with Crippen molar-refractivity contribution in [3.8, 4) is 0 Å². The van der Waals surface area contributed by atoms with Crippen LogP contribution in [0.25, 0.3) is 0 Å². The van der Waals surface area contributed by atoms with Gasteiger partial charge < -0.3 is 9.50 Å². The molecule has 0 aliphatic heterocycles. The number of amides is 1. The van der Waals surface area contributed by atoms with Gasteiger partial charge in [0.15, 0.2) is 0 Å². The molecule has 0 aliphatic carbocycles. The summed E-state index contributed by atoms with van der Waals surface area (Å²) in [4.78, 5) is 14.4. The van der Waals surface area contributed by atoms with Crippen molar-refractivity contribution in [2.45, 2.75) is 6.92 Å². The molecule has 0 aromatic carbocycles. The Hall–Kier alpha value is -1.35. The molecule has 0 spiro atoms. The van der Waals surface area contributed by atoms with Crippen LogP contribution in [0, 0.1) is 0 Å². The Balaban J connectivity index is 4.12. The molecular formula is C4H8N2O6S. The van der Waals surface area contributed by atoms with E-state index in [2.05, 4.69) is 14.2 Å². The number of hydrogen-bond acceptors (Lipinski definition) is 6. The van der Waals surface area contributed by atoms with E-state index in [0.717, 1.165) is 6.92 Å². The minimum Gasteiger partial charge on any atom is -0.343 e. The van der Waals surface area contributed by atoms with E-state index >= 15 is 0 Å². The number of nitrogens with zero attached hydrogens (tertiary/aromatic N) is 1. The van der Waals surface area contributed by atoms with E-state index in [1.165, 1.54) is 7.05 Å². The van der Waals surface area contributed by atoms with Gasteiger partial charge in [-0.1, -0.05) is 0 Å². The second kappa shape index (κ2) is 4.62. The summed E-state index contributed by atoms with van der Waals surface area (Å²) in [7, 11) is -3.33. The molecule has 76 valence electrons. The molecule has 0 heterocycles. The van der Waals surface area contributed by atoms with Gasteiger partial charge in [-0.3, -0.25) is 9.39 Å². The molecule has 0 aromatic rings. The Morgan fingerprint density at radius 3 is 2.46 bits per heavy atom. The van der Waals surface area contributed by atoms with E-state index in [1.54, 1.807) is 0 Å². The van der Waals surface area contributed by atoms with Gasteiger partial charge in [0.25, 0.3) is 0 Å². The molecule has 9 heteroatoms. The number of hydrogen-bond donors (Lipinski definition) is 2. The van der Waals surface area contributed by atoms with Crippen LogP contribution in [0.2, 0.25) is 0 Å². The predicted octanol–water partition coefficient (Wildman–Crippen LogP) is -0.505. The largest absolute Gasteiger partial charge is 0.447 e. The highest BCUT2D eigenvalue weighted by Crippen LogP contribution is 1.90. The lowest BCUT2D eigenvalue weighted by Crippen LogP contribution is -2.18. The zero-order valence-corrected chi connectivity index (χ0v) is 7.66. The predicted molar refractivity (Wildman–Crippen MR) is 41.3 cm³/mol. The first-order valence-electron chi connectivity index (χ1n) is 2.95. The smallest absolute Gasteiger partial charge is 0.343 e. The van der Waals surface area contributed by atoms with Crippen molar-refractivity contribution in [3.63, 3.8) is 0 Å². The summed E-state index contributed by atoms with van der Waals surface area (Å²) in [5.74, 6) is -0.522. The van der Waals surface area contributed by atoms with Gasteiger partial charge in [0.2, 0.25) is 5.90 Å². The molecule has 0 rings (SSSR count). The van der Waals surface area contributed by atoms with E-state index in [9.17, 15) is 13.2 Å². The molecule has 0 saturated heterocycles. The van der Waals surface area contributed by atoms with Crippen LogP contribution >= 0.6 is 0 Å². The summed E-state index contributed by atoms with van der Waals surface area (Å²) >= 11 is 0. The lowest BCUT2D eigenvalue weighted by Gasteiger charge is -1.98. The maximum Gasteiger partial charge on any atom is 0.447 e. The van der Waals surface area contributed by atoms with Crippen LogP contribution in [0.4, 0.5) is 4.79 Å². The van der Waals surface area contributed by atoms with Crippen molar-refractivity contribution in [1.82, 2.24) is 5.32 Å². The number of nitrogens with one attached hydrogen (secondary N) is 1. The van der Waals surface area contributed by atoms with Crippen LogP contribution in [0.1, 0.15) is 6.92 Å². The van der Waals surface area contributed by atoms with Gasteiger partial charge in [-0.25, -0.2) is 4.79 Å². The first-order chi connectivity index (χ1) is 5.85. The van der Waals surface area contributed by atoms with E-state index < -0.39 is 22.4 Å². The zero-order valence-electron chi connectivity index (χ0n) is 6.84. The molecule has 8 nitrogen and oxygen atoms in total. The molecule has 2 N–H and O–H groups in total. The summed E-state index contributed by atoms with van der Waals surface area (Å²) in [6.07, 6.45) is -0.890. The average Bonchev–Trinajstić information content (AvgIpc) is 1.97. The van der Waals surface area contributed by atoms with Crippen LogP contribution in [0.5, 0.6) is 0 Å². The third-order valence-electron chi connectivity index (χ3n) is 0.687. The molecule has 0 radical (unpaired) electrons. The fourth-order valence-corrected chi connectivity index (χ4v) is 0.654. The normalized spacial score (nSPS) is 12.1. The zero-order chi connectivity index (χ0) is 10.5. The third kappa shape index (κ3) is 7.03. The minimum absolute atomic E-state index is 0.522. The molecular weight excluding hydrogens is 204 g/mol. The molecule has 0 fully saturated rings. The molecule has 13 heavy (non-hydrogen) atoms. The van der Waals surface area contributed by atoms with Crippen molar-refractivity contribution in [2.24, 2.45) is 5.16 Å². The Kier molecular flexibility index (Phi) is 4.14. The topological polar surface area (TPSA) is 114 Å². The fourth-order valence-electron chi connectivity index (χ4n) is 0.319. The third-order valence-corrected chi connectivity index (χ3v) is 1.14. The second-order valence-electron chi connectivity index (χ2n) is 1.75. The Morgan fingerprint density at radius 2 is 2.08 bits per heavy atom. The Labute approximate surface area is 74.5 Å². The van der Waals surface area contributed by atoms with Gasteiger partial charge in [-0.05, 0) is 5.16 Å². The van der Waals surface area contributed by atoms with Crippen molar-refractivity contribution in [3.05, 3.63) is 0 Å². The van der Waals surface area contributed by atoms with Crippen molar-refractivity contribution < 1.29 is 26.8 Å². The van der Waals surface area contributed by atoms with Gasteiger partial charge in [0.1, 0.15) is 0 Å². The summed E-state index contributed by atoms with van der Waals surface area (Å²) in [5.41, 5.74) is 0. The highest BCUT2D eigenvalue weighted by molar-refractivity contribution is 7.81. The Morgan fingerprint density at radius 1 is 1.54 bits per heavy atom. The highest BCUT2D eigenvalue weighted by Gasteiger charge is 2.07. The number of carbonyl (C=O) groups is 1. The van der Waals surface area contributed by atoms with E-state index in [4.69, 9.17) is 4.55 Å². The fraction of sp³-hybridized carbons (Fsp3) is 0.500. The lowest BCUT2D eigenvalue weighted by atomic mass is 10.8. The molecule has 1 amide bonds. The summed E-state index contributed by atoms with van der Waals surface area (Å²) in [6.45, 7) is 1.08. The van der Waals surface area contributed by atoms with Crippen molar-refractivity contribution >= 4 is 22.4 Å². The van der Waals surface area contributed by atoms with Crippen molar-refractivity contribution in [2.75, 3.05) is 7.05 Å². The van der Waals surface area contributed by atoms with E-state index in [1.807, 2.05) is 5.32 Å². The number of carbonyl (C=O) groups excluding carboxylic acids is 1. The van der Waals surface area contributed by atoms with Crippen LogP contribution in [0.3, 0.4) is 0 Å². The number of oxime groups is 1. The maximum atomic E-state index is 10.4. The first-order valence-corrected chi connectivity index (χ1v) is 4.32. The summed E-state index contributed by atoms with van der Waals surface area (Å²) in [5, 5.41) is 4.97. The molecule has 0 saturated carbocycles. The minimum atomic E-state index is -4.62. The number of rotatable bonds is 2. The quantitative estimate of drug-likeness (QED) is 0.209. The highest BCUT2D eigenvalue weighted by atomic mass is 32.3. The average molecular weight is 212 g/mol. The van der Waals surface area contributed by atoms with Gasteiger partial charge >= 0.3 is 16.5 Å². The van der Waals surface area contributed by atoms with Crippen LogP contribution < -0.4 is 5.32 Å². The summed E-state index contributed by atoms with van der Waals surface area (Å²) < 4.78 is 32.0. The monoisotopic (exact) mass is 212 g/mol. The maximum absolute atomic E-state index is 10.4. The standard InChI is InChI=1S/C4H8N2O6S/c1-3(12-13(8,9)10)6-11-4(7)5-2/h1-2H3,(H,5,7)(H,8,9,10). The second-order valence-corrected chi connectivity index (χ2v) is 2.77. The lowest BCUT2D eigenvalue weighted by molar-refractivity contribution is 0.150.